The van der Waals surface area contributed by atoms with Crippen LogP contribution in [0, 0.1) is 17.3 Å². The van der Waals surface area contributed by atoms with Crippen molar-refractivity contribution in [3.05, 3.63) is 0 Å². The van der Waals surface area contributed by atoms with Crippen LogP contribution >= 0.6 is 0 Å². The maximum Gasteiger partial charge on any atom is 0.318 e. The SMILES string of the molecule is CCCC[C@]1(C(O)C(C)C)C(=O)O[C@@H]1C(C)C. The third kappa shape index (κ3) is 2.35. The Bertz CT molecular complexity index is 261. The molecule has 1 fully saturated rings. The van der Waals surface area contributed by atoms with E-state index in [1.807, 2.05) is 27.7 Å². The number of rotatable bonds is 6. The molecule has 3 nitrogen and oxygen atoms in total. The van der Waals surface area contributed by atoms with E-state index in [-0.39, 0.29) is 23.9 Å². The van der Waals surface area contributed by atoms with Gasteiger partial charge in [-0.3, -0.25) is 4.79 Å². The van der Waals surface area contributed by atoms with Crippen LogP contribution < -0.4 is 0 Å². The van der Waals surface area contributed by atoms with Gasteiger partial charge in [-0.25, -0.2) is 0 Å². The number of cyclic esters (lactones) is 1. The second-order valence-electron chi connectivity index (χ2n) is 5.90. The van der Waals surface area contributed by atoms with Gasteiger partial charge in [0.15, 0.2) is 0 Å². The highest BCUT2D eigenvalue weighted by Gasteiger charge is 2.62. The number of carbonyl (C=O) groups is 1. The van der Waals surface area contributed by atoms with Gasteiger partial charge < -0.3 is 9.84 Å². The first-order valence-electron chi connectivity index (χ1n) is 6.77. The van der Waals surface area contributed by atoms with Gasteiger partial charge in [0.05, 0.1) is 6.10 Å². The number of esters is 1. The van der Waals surface area contributed by atoms with E-state index < -0.39 is 11.5 Å². The molecule has 0 aromatic carbocycles. The zero-order valence-electron chi connectivity index (χ0n) is 11.7. The standard InChI is InChI=1S/C14H26O3/c1-6-7-8-14(11(15)9(2)3)12(10(4)5)17-13(14)16/h9-12,15H,6-8H2,1-5H3/t11?,12-,14-/m1/s1. The lowest BCUT2D eigenvalue weighted by atomic mass is 9.63. The molecule has 0 spiro atoms. The molecular weight excluding hydrogens is 216 g/mol. The Morgan fingerprint density at radius 1 is 1.35 bits per heavy atom. The van der Waals surface area contributed by atoms with Crippen molar-refractivity contribution in [2.75, 3.05) is 0 Å². The number of hydrogen-bond acceptors (Lipinski definition) is 3. The lowest BCUT2D eigenvalue weighted by molar-refractivity contribution is -0.240. The number of aliphatic hydroxyl groups is 1. The Hall–Kier alpha value is -0.570. The zero-order valence-corrected chi connectivity index (χ0v) is 11.7. The Balaban J connectivity index is 2.95. The van der Waals surface area contributed by atoms with Crippen LogP contribution in [0.3, 0.4) is 0 Å². The van der Waals surface area contributed by atoms with Gasteiger partial charge in [-0.05, 0) is 18.3 Å². The molecule has 0 aromatic rings. The fourth-order valence-corrected chi connectivity index (χ4v) is 2.86. The topological polar surface area (TPSA) is 46.5 Å². The van der Waals surface area contributed by atoms with E-state index >= 15 is 0 Å². The van der Waals surface area contributed by atoms with E-state index in [1.54, 1.807) is 0 Å². The average Bonchev–Trinajstić information content (AvgIpc) is 2.25. The number of carbonyl (C=O) groups excluding carboxylic acids is 1. The van der Waals surface area contributed by atoms with Gasteiger partial charge in [0, 0.05) is 0 Å². The fraction of sp³-hybridized carbons (Fsp3) is 0.929. The lowest BCUT2D eigenvalue weighted by Gasteiger charge is -2.52. The first-order valence-corrected chi connectivity index (χ1v) is 6.77. The summed E-state index contributed by atoms with van der Waals surface area (Å²) >= 11 is 0. The van der Waals surface area contributed by atoms with E-state index in [0.29, 0.717) is 0 Å². The lowest BCUT2D eigenvalue weighted by Crippen LogP contribution is -2.65. The molecule has 0 radical (unpaired) electrons. The molecule has 3 atom stereocenters. The van der Waals surface area contributed by atoms with Gasteiger partial charge in [0.1, 0.15) is 11.5 Å². The molecule has 0 amide bonds. The van der Waals surface area contributed by atoms with Crippen molar-refractivity contribution < 1.29 is 14.6 Å². The van der Waals surface area contributed by atoms with E-state index in [1.165, 1.54) is 0 Å². The van der Waals surface area contributed by atoms with Gasteiger partial charge in [-0.15, -0.1) is 0 Å². The van der Waals surface area contributed by atoms with Crippen molar-refractivity contribution in [2.24, 2.45) is 17.3 Å². The molecule has 1 N–H and O–H groups in total. The summed E-state index contributed by atoms with van der Waals surface area (Å²) in [5.74, 6) is 0.143. The molecule has 0 saturated carbocycles. The van der Waals surface area contributed by atoms with Crippen molar-refractivity contribution in [1.82, 2.24) is 0 Å². The minimum absolute atomic E-state index is 0.0842. The molecule has 3 heteroatoms. The summed E-state index contributed by atoms with van der Waals surface area (Å²) in [6.45, 7) is 10.1. The van der Waals surface area contributed by atoms with Gasteiger partial charge in [-0.2, -0.15) is 0 Å². The quantitative estimate of drug-likeness (QED) is 0.728. The Kier molecular flexibility index (Phi) is 4.59. The minimum atomic E-state index is -0.654. The van der Waals surface area contributed by atoms with Crippen LogP contribution in [0.4, 0.5) is 0 Å². The largest absolute Gasteiger partial charge is 0.460 e. The fourth-order valence-electron chi connectivity index (χ4n) is 2.86. The highest BCUT2D eigenvalue weighted by molar-refractivity contribution is 5.84. The first-order chi connectivity index (χ1) is 7.87. The van der Waals surface area contributed by atoms with Crippen LogP contribution in [0.1, 0.15) is 53.9 Å². The molecule has 1 aliphatic rings. The highest BCUT2D eigenvalue weighted by Crippen LogP contribution is 2.49. The molecule has 1 heterocycles. The van der Waals surface area contributed by atoms with Crippen molar-refractivity contribution in [1.29, 1.82) is 0 Å². The molecule has 0 aromatic heterocycles. The van der Waals surface area contributed by atoms with Crippen LogP contribution in [0.2, 0.25) is 0 Å². The van der Waals surface area contributed by atoms with Gasteiger partial charge >= 0.3 is 5.97 Å². The highest BCUT2D eigenvalue weighted by atomic mass is 16.6. The maximum absolute atomic E-state index is 11.9. The van der Waals surface area contributed by atoms with Crippen molar-refractivity contribution in [3.63, 3.8) is 0 Å². The van der Waals surface area contributed by atoms with E-state index in [9.17, 15) is 9.90 Å². The molecule has 0 aliphatic carbocycles. The third-order valence-corrected chi connectivity index (χ3v) is 3.83. The third-order valence-electron chi connectivity index (χ3n) is 3.83. The predicted octanol–water partition coefficient (Wildman–Crippen LogP) is 2.76. The normalized spacial score (nSPS) is 30.4. The molecule has 0 bridgehead atoms. The summed E-state index contributed by atoms with van der Waals surface area (Å²) in [4.78, 5) is 11.9. The second kappa shape index (κ2) is 5.38. The average molecular weight is 242 g/mol. The van der Waals surface area contributed by atoms with Crippen LogP contribution in [0.25, 0.3) is 0 Å². The molecule has 1 rings (SSSR count). The van der Waals surface area contributed by atoms with E-state index in [2.05, 4.69) is 6.92 Å². The zero-order chi connectivity index (χ0) is 13.2. The van der Waals surface area contributed by atoms with Gasteiger partial charge in [0.2, 0.25) is 0 Å². The molecular formula is C14H26O3. The number of aliphatic hydroxyl groups excluding tert-OH is 1. The Labute approximate surface area is 105 Å². The smallest absolute Gasteiger partial charge is 0.318 e. The summed E-state index contributed by atoms with van der Waals surface area (Å²) in [6, 6.07) is 0. The molecule has 100 valence electrons. The van der Waals surface area contributed by atoms with E-state index in [0.717, 1.165) is 19.3 Å². The summed E-state index contributed by atoms with van der Waals surface area (Å²) < 4.78 is 5.29. The first kappa shape index (κ1) is 14.5. The van der Waals surface area contributed by atoms with Crippen molar-refractivity contribution in [2.45, 2.75) is 66.1 Å². The molecule has 1 saturated heterocycles. The Morgan fingerprint density at radius 2 is 1.94 bits per heavy atom. The molecule has 1 aliphatic heterocycles. The summed E-state index contributed by atoms with van der Waals surface area (Å²) in [5, 5.41) is 10.4. The van der Waals surface area contributed by atoms with Crippen LogP contribution in [-0.4, -0.2) is 23.3 Å². The number of hydrogen-bond donors (Lipinski definition) is 1. The predicted molar refractivity (Wildman–Crippen MR) is 67.5 cm³/mol. The van der Waals surface area contributed by atoms with Crippen LogP contribution in [0.5, 0.6) is 0 Å². The van der Waals surface area contributed by atoms with Crippen LogP contribution in [0.15, 0.2) is 0 Å². The van der Waals surface area contributed by atoms with E-state index in [4.69, 9.17) is 4.74 Å². The van der Waals surface area contributed by atoms with Crippen molar-refractivity contribution >= 4 is 5.97 Å². The second-order valence-corrected chi connectivity index (χ2v) is 5.90. The van der Waals surface area contributed by atoms with Gasteiger partial charge in [-0.1, -0.05) is 47.5 Å². The number of ether oxygens (including phenoxy) is 1. The maximum atomic E-state index is 11.9. The minimum Gasteiger partial charge on any atom is -0.460 e. The van der Waals surface area contributed by atoms with Crippen molar-refractivity contribution in [3.8, 4) is 0 Å². The number of unbranched alkanes of at least 4 members (excludes halogenated alkanes) is 1. The van der Waals surface area contributed by atoms with Gasteiger partial charge in [0.25, 0.3) is 0 Å². The summed E-state index contributed by atoms with van der Waals surface area (Å²) in [6.07, 6.45) is 2.01. The summed E-state index contributed by atoms with van der Waals surface area (Å²) in [5.41, 5.74) is -0.654. The molecule has 1 unspecified atom stereocenters. The molecule has 17 heavy (non-hydrogen) atoms. The Morgan fingerprint density at radius 3 is 2.29 bits per heavy atom. The monoisotopic (exact) mass is 242 g/mol. The summed E-state index contributed by atoms with van der Waals surface area (Å²) in [7, 11) is 0. The van der Waals surface area contributed by atoms with Crippen LogP contribution in [-0.2, 0) is 9.53 Å².